The average Bonchev–Trinajstić information content (AvgIpc) is 2.51. The Hall–Kier alpha value is -2.50. The number of nitrogens with zero attached hydrogens (tertiary/aromatic N) is 1. The maximum Gasteiger partial charge on any atom is 0.326 e. The summed E-state index contributed by atoms with van der Waals surface area (Å²) in [7, 11) is 2.94. The number of likely N-dealkylation sites (N-methyl/N-ethyl adjacent to an activating group) is 1. The van der Waals surface area contributed by atoms with Crippen LogP contribution in [0, 0.1) is 0 Å². The first kappa shape index (κ1) is 17.6. The number of carbonyl (C=O) groups is 2. The molecule has 120 valence electrons. The first-order valence-electron chi connectivity index (χ1n) is 6.82. The molecule has 0 aromatic heterocycles. The van der Waals surface area contributed by atoms with Crippen molar-refractivity contribution in [1.82, 2.24) is 4.90 Å². The van der Waals surface area contributed by atoms with Gasteiger partial charge in [0.1, 0.15) is 6.04 Å². The van der Waals surface area contributed by atoms with Crippen LogP contribution in [0.15, 0.2) is 24.3 Å². The minimum atomic E-state index is -1.07. The molecule has 6 nitrogen and oxygen atoms in total. The van der Waals surface area contributed by atoms with Gasteiger partial charge in [0.25, 0.3) is 5.91 Å². The van der Waals surface area contributed by atoms with E-state index in [-0.39, 0.29) is 6.61 Å². The molecule has 0 spiro atoms. The Bertz CT molecular complexity index is 568. The number of hydrogen-bond donors (Lipinski definition) is 1. The molecule has 0 fully saturated rings. The quantitative estimate of drug-likeness (QED) is 0.834. The number of carboxylic acids is 1. The number of carboxylic acid groups (broad SMARTS) is 1. The van der Waals surface area contributed by atoms with Gasteiger partial charge >= 0.3 is 5.97 Å². The summed E-state index contributed by atoms with van der Waals surface area (Å²) in [5, 5.41) is 8.89. The lowest BCUT2D eigenvalue weighted by Crippen LogP contribution is -2.42. The standard InChI is InChI=1S/C16H21NO5/c1-5-6-12-7-8-13(14(9-12)21-4)22-10-15(18)17(3)11(2)16(19)20/h5-9,11H,10H2,1-4H3,(H,19,20)/b6-5+. The van der Waals surface area contributed by atoms with Crippen LogP contribution in [0.25, 0.3) is 6.08 Å². The van der Waals surface area contributed by atoms with Crippen molar-refractivity contribution in [3.05, 3.63) is 29.8 Å². The third-order valence-electron chi connectivity index (χ3n) is 3.23. The van der Waals surface area contributed by atoms with E-state index in [1.165, 1.54) is 21.1 Å². The second-order valence-corrected chi connectivity index (χ2v) is 4.72. The van der Waals surface area contributed by atoms with Crippen LogP contribution in [-0.4, -0.2) is 48.7 Å². The number of benzene rings is 1. The van der Waals surface area contributed by atoms with E-state index in [1.807, 2.05) is 25.1 Å². The molecule has 1 rings (SSSR count). The summed E-state index contributed by atoms with van der Waals surface area (Å²) in [6.07, 6.45) is 3.82. The molecule has 6 heteroatoms. The highest BCUT2D eigenvalue weighted by atomic mass is 16.5. The van der Waals surface area contributed by atoms with Crippen LogP contribution < -0.4 is 9.47 Å². The number of rotatable bonds is 7. The van der Waals surface area contributed by atoms with Gasteiger partial charge in [-0.15, -0.1) is 0 Å². The molecule has 1 aromatic rings. The molecule has 0 radical (unpaired) electrons. The summed E-state index contributed by atoms with van der Waals surface area (Å²) in [5.74, 6) is -0.545. The van der Waals surface area contributed by atoms with E-state index in [0.717, 1.165) is 10.5 Å². The number of ether oxygens (including phenoxy) is 2. The lowest BCUT2D eigenvalue weighted by molar-refractivity contribution is -0.148. The number of hydrogen-bond acceptors (Lipinski definition) is 4. The van der Waals surface area contributed by atoms with Crippen molar-refractivity contribution in [2.24, 2.45) is 0 Å². The third kappa shape index (κ3) is 4.51. The Balaban J connectivity index is 2.75. The van der Waals surface area contributed by atoms with Crippen LogP contribution in [0.5, 0.6) is 11.5 Å². The fourth-order valence-corrected chi connectivity index (χ4v) is 1.72. The molecule has 0 heterocycles. The van der Waals surface area contributed by atoms with E-state index in [0.29, 0.717) is 11.5 Å². The highest BCUT2D eigenvalue weighted by Gasteiger charge is 2.22. The van der Waals surface area contributed by atoms with Crippen molar-refractivity contribution < 1.29 is 24.2 Å². The second-order valence-electron chi connectivity index (χ2n) is 4.72. The van der Waals surface area contributed by atoms with Crippen LogP contribution in [0.3, 0.4) is 0 Å². The predicted molar refractivity (Wildman–Crippen MR) is 83.1 cm³/mol. The molecular formula is C16H21NO5. The van der Waals surface area contributed by atoms with Crippen LogP contribution in [-0.2, 0) is 9.59 Å². The van der Waals surface area contributed by atoms with Crippen LogP contribution in [0.4, 0.5) is 0 Å². The molecule has 0 saturated carbocycles. The van der Waals surface area contributed by atoms with Crippen molar-refractivity contribution in [3.63, 3.8) is 0 Å². The van der Waals surface area contributed by atoms with Crippen LogP contribution >= 0.6 is 0 Å². The molecule has 1 aromatic carbocycles. The highest BCUT2D eigenvalue weighted by Crippen LogP contribution is 2.28. The van der Waals surface area contributed by atoms with E-state index in [4.69, 9.17) is 14.6 Å². The Morgan fingerprint density at radius 2 is 2.05 bits per heavy atom. The Kier molecular flexibility index (Phi) is 6.44. The fraction of sp³-hybridized carbons (Fsp3) is 0.375. The summed E-state index contributed by atoms with van der Waals surface area (Å²) < 4.78 is 10.7. The molecule has 0 saturated heterocycles. The summed E-state index contributed by atoms with van der Waals surface area (Å²) >= 11 is 0. The van der Waals surface area contributed by atoms with Crippen molar-refractivity contribution >= 4 is 18.0 Å². The van der Waals surface area contributed by atoms with Gasteiger partial charge in [-0.3, -0.25) is 4.79 Å². The number of allylic oxidation sites excluding steroid dienone is 1. The first-order chi connectivity index (χ1) is 10.4. The van der Waals surface area contributed by atoms with Crippen molar-refractivity contribution in [1.29, 1.82) is 0 Å². The van der Waals surface area contributed by atoms with Gasteiger partial charge in [-0.25, -0.2) is 4.79 Å². The van der Waals surface area contributed by atoms with Crippen molar-refractivity contribution in [2.75, 3.05) is 20.8 Å². The highest BCUT2D eigenvalue weighted by molar-refractivity contribution is 5.84. The SMILES string of the molecule is C/C=C/c1ccc(OCC(=O)N(C)C(C)C(=O)O)c(OC)c1. The third-order valence-corrected chi connectivity index (χ3v) is 3.23. The lowest BCUT2D eigenvalue weighted by Gasteiger charge is -2.21. The fourth-order valence-electron chi connectivity index (χ4n) is 1.72. The van der Waals surface area contributed by atoms with Crippen LogP contribution in [0.1, 0.15) is 19.4 Å². The minimum Gasteiger partial charge on any atom is -0.493 e. The van der Waals surface area contributed by atoms with Gasteiger partial charge in [0, 0.05) is 7.05 Å². The zero-order valence-corrected chi connectivity index (χ0v) is 13.2. The van der Waals surface area contributed by atoms with Gasteiger partial charge in [-0.2, -0.15) is 0 Å². The largest absolute Gasteiger partial charge is 0.493 e. The van der Waals surface area contributed by atoms with Gasteiger partial charge in [0.15, 0.2) is 18.1 Å². The summed E-state index contributed by atoms with van der Waals surface area (Å²) in [6, 6.07) is 4.44. The lowest BCUT2D eigenvalue weighted by atomic mass is 10.2. The van der Waals surface area contributed by atoms with Crippen molar-refractivity contribution in [3.8, 4) is 11.5 Å². The number of amides is 1. The molecule has 1 amide bonds. The zero-order chi connectivity index (χ0) is 16.7. The Morgan fingerprint density at radius 1 is 1.36 bits per heavy atom. The zero-order valence-electron chi connectivity index (χ0n) is 13.2. The maximum absolute atomic E-state index is 11.9. The molecule has 0 bridgehead atoms. The van der Waals surface area contributed by atoms with E-state index in [2.05, 4.69) is 0 Å². The summed E-state index contributed by atoms with van der Waals surface area (Å²) in [5.41, 5.74) is 0.953. The van der Waals surface area contributed by atoms with Crippen molar-refractivity contribution in [2.45, 2.75) is 19.9 Å². The van der Waals surface area contributed by atoms with Gasteiger partial charge in [0.2, 0.25) is 0 Å². The average molecular weight is 307 g/mol. The molecule has 1 atom stereocenters. The van der Waals surface area contributed by atoms with E-state index >= 15 is 0 Å². The second kappa shape index (κ2) is 8.07. The molecule has 0 aliphatic carbocycles. The molecule has 1 unspecified atom stereocenters. The number of methoxy groups -OCH3 is 1. The molecule has 1 N–H and O–H groups in total. The number of aliphatic carboxylic acids is 1. The van der Waals surface area contributed by atoms with Gasteiger partial charge in [0.05, 0.1) is 7.11 Å². The normalized spacial score (nSPS) is 12.0. The van der Waals surface area contributed by atoms with Gasteiger partial charge < -0.3 is 19.5 Å². The maximum atomic E-state index is 11.9. The monoisotopic (exact) mass is 307 g/mol. The molecule has 0 aliphatic heterocycles. The Morgan fingerprint density at radius 3 is 2.59 bits per heavy atom. The Labute approximate surface area is 129 Å². The van der Waals surface area contributed by atoms with E-state index in [1.54, 1.807) is 12.1 Å². The van der Waals surface area contributed by atoms with Gasteiger partial charge in [-0.05, 0) is 31.5 Å². The minimum absolute atomic E-state index is 0.257. The summed E-state index contributed by atoms with van der Waals surface area (Å²) in [4.78, 5) is 23.9. The van der Waals surface area contributed by atoms with E-state index < -0.39 is 17.9 Å². The molecule has 22 heavy (non-hydrogen) atoms. The molecule has 0 aliphatic rings. The first-order valence-corrected chi connectivity index (χ1v) is 6.82. The number of carbonyl (C=O) groups excluding carboxylic acids is 1. The summed E-state index contributed by atoms with van der Waals surface area (Å²) in [6.45, 7) is 3.09. The topological polar surface area (TPSA) is 76.1 Å². The van der Waals surface area contributed by atoms with Gasteiger partial charge in [-0.1, -0.05) is 18.2 Å². The predicted octanol–water partition coefficient (Wildman–Crippen LogP) is 2.04. The molecular weight excluding hydrogens is 286 g/mol. The van der Waals surface area contributed by atoms with Crippen LogP contribution in [0.2, 0.25) is 0 Å². The van der Waals surface area contributed by atoms with E-state index in [9.17, 15) is 9.59 Å². The smallest absolute Gasteiger partial charge is 0.326 e.